The maximum Gasteiger partial charge on any atom is 0.415 e. The number of carbonyl (C=O) groups excluding carboxylic acids is 1. The average Bonchev–Trinajstić information content (AvgIpc) is 2.94. The minimum absolute atomic E-state index is 0.327. The second-order valence-corrected chi connectivity index (χ2v) is 6.05. The molecule has 1 aliphatic heterocycles. The number of fused-ring (bicyclic) bond motifs is 1. The predicted octanol–water partition coefficient (Wildman–Crippen LogP) is 3.86. The van der Waals surface area contributed by atoms with Crippen molar-refractivity contribution in [1.29, 1.82) is 0 Å². The zero-order valence-corrected chi connectivity index (χ0v) is 13.8. The van der Waals surface area contributed by atoms with Gasteiger partial charge < -0.3 is 9.84 Å². The third kappa shape index (κ3) is 4.03. The van der Waals surface area contributed by atoms with E-state index in [4.69, 9.17) is 4.74 Å². The van der Waals surface area contributed by atoms with E-state index in [-0.39, 0.29) is 0 Å². The molecule has 2 rings (SSSR count). The van der Waals surface area contributed by atoms with Gasteiger partial charge in [0, 0.05) is 6.42 Å². The quantitative estimate of drug-likeness (QED) is 0.829. The molecule has 126 valence electrons. The lowest BCUT2D eigenvalue weighted by Crippen LogP contribution is -2.43. The van der Waals surface area contributed by atoms with Gasteiger partial charge in [-0.3, -0.25) is 4.90 Å². The van der Waals surface area contributed by atoms with Gasteiger partial charge in [-0.1, -0.05) is 51.3 Å². The van der Waals surface area contributed by atoms with E-state index in [2.05, 4.69) is 13.8 Å². The highest BCUT2D eigenvalue weighted by atomic mass is 16.6. The van der Waals surface area contributed by atoms with E-state index < -0.39 is 18.1 Å². The molecule has 1 aliphatic rings. The van der Waals surface area contributed by atoms with Gasteiger partial charge in [0.05, 0.1) is 12.3 Å². The van der Waals surface area contributed by atoms with Gasteiger partial charge in [0.25, 0.3) is 0 Å². The fourth-order valence-electron chi connectivity index (χ4n) is 2.97. The number of unbranched alkanes of at least 4 members (excludes halogenated alkanes) is 1. The van der Waals surface area contributed by atoms with Crippen LogP contribution in [0.3, 0.4) is 0 Å². The number of nitrogens with zero attached hydrogens (tertiary/aromatic N) is 1. The summed E-state index contributed by atoms with van der Waals surface area (Å²) in [5.41, 5.74) is 1.52. The molecule has 1 amide bonds. The Morgan fingerprint density at radius 1 is 1.35 bits per heavy atom. The summed E-state index contributed by atoms with van der Waals surface area (Å²) in [6.45, 7) is 4.57. The predicted molar refractivity (Wildman–Crippen MR) is 88.7 cm³/mol. The molecule has 0 saturated carbocycles. The van der Waals surface area contributed by atoms with Gasteiger partial charge >= 0.3 is 12.1 Å². The van der Waals surface area contributed by atoms with Crippen molar-refractivity contribution in [2.75, 3.05) is 11.5 Å². The van der Waals surface area contributed by atoms with E-state index in [1.54, 1.807) is 12.1 Å². The van der Waals surface area contributed by atoms with Crippen molar-refractivity contribution in [1.82, 2.24) is 0 Å². The number of anilines is 1. The molecule has 0 saturated heterocycles. The largest absolute Gasteiger partial charge is 0.480 e. The van der Waals surface area contributed by atoms with Crippen LogP contribution in [-0.4, -0.2) is 29.8 Å². The molecule has 0 aliphatic carbocycles. The zero-order chi connectivity index (χ0) is 16.8. The van der Waals surface area contributed by atoms with Gasteiger partial charge in [0.1, 0.15) is 6.04 Å². The topological polar surface area (TPSA) is 66.8 Å². The number of ether oxygens (including phenoxy) is 1. The smallest absolute Gasteiger partial charge is 0.415 e. The second kappa shape index (κ2) is 7.99. The molecule has 1 N–H and O–H groups in total. The maximum atomic E-state index is 12.5. The third-order valence-electron chi connectivity index (χ3n) is 4.44. The van der Waals surface area contributed by atoms with Gasteiger partial charge in [-0.15, -0.1) is 0 Å². The van der Waals surface area contributed by atoms with Crippen LogP contribution in [-0.2, 0) is 16.0 Å². The van der Waals surface area contributed by atoms with Crippen molar-refractivity contribution in [3.05, 3.63) is 29.8 Å². The fraction of sp³-hybridized carbons (Fsp3) is 0.556. The van der Waals surface area contributed by atoms with Crippen molar-refractivity contribution >= 4 is 17.7 Å². The summed E-state index contributed by atoms with van der Waals surface area (Å²) in [7, 11) is 0. The fourth-order valence-corrected chi connectivity index (χ4v) is 2.97. The van der Waals surface area contributed by atoms with Crippen LogP contribution >= 0.6 is 0 Å². The number of rotatable bonds is 7. The van der Waals surface area contributed by atoms with Crippen molar-refractivity contribution in [3.8, 4) is 0 Å². The number of carboxylic acids is 1. The lowest BCUT2D eigenvalue weighted by molar-refractivity contribution is -0.138. The molecular weight excluding hydrogens is 294 g/mol. The van der Waals surface area contributed by atoms with Crippen LogP contribution in [0.4, 0.5) is 10.5 Å². The number of carboxylic acid groups (broad SMARTS) is 1. The third-order valence-corrected chi connectivity index (χ3v) is 4.44. The molecular formula is C18H25NO4. The van der Waals surface area contributed by atoms with Crippen molar-refractivity contribution < 1.29 is 19.4 Å². The first-order chi connectivity index (χ1) is 11.1. The van der Waals surface area contributed by atoms with Crippen LogP contribution in [0.5, 0.6) is 0 Å². The van der Waals surface area contributed by atoms with Crippen molar-refractivity contribution in [2.45, 2.75) is 52.0 Å². The maximum absolute atomic E-state index is 12.5. The normalized spacial score (nSPS) is 17.7. The highest BCUT2D eigenvalue weighted by Gasteiger charge is 2.39. The summed E-state index contributed by atoms with van der Waals surface area (Å²) in [6.07, 6.45) is 3.97. The van der Waals surface area contributed by atoms with Crippen LogP contribution < -0.4 is 4.90 Å². The molecule has 5 heteroatoms. The van der Waals surface area contributed by atoms with Gasteiger partial charge in [0.2, 0.25) is 0 Å². The molecule has 23 heavy (non-hydrogen) atoms. The van der Waals surface area contributed by atoms with E-state index in [1.165, 1.54) is 4.90 Å². The molecule has 0 bridgehead atoms. The van der Waals surface area contributed by atoms with Gasteiger partial charge in [-0.2, -0.15) is 0 Å². The summed E-state index contributed by atoms with van der Waals surface area (Å²) in [4.78, 5) is 25.2. The van der Waals surface area contributed by atoms with Crippen LogP contribution in [0, 0.1) is 5.92 Å². The Morgan fingerprint density at radius 2 is 2.09 bits per heavy atom. The minimum Gasteiger partial charge on any atom is -0.480 e. The van der Waals surface area contributed by atoms with Crippen LogP contribution in [0.25, 0.3) is 0 Å². The molecule has 1 aromatic carbocycles. The Balaban J connectivity index is 2.05. The van der Waals surface area contributed by atoms with Crippen molar-refractivity contribution in [3.63, 3.8) is 0 Å². The molecule has 0 fully saturated rings. The first-order valence-electron chi connectivity index (χ1n) is 8.35. The Labute approximate surface area is 137 Å². The summed E-state index contributed by atoms with van der Waals surface area (Å²) < 4.78 is 5.44. The first kappa shape index (κ1) is 17.3. The lowest BCUT2D eigenvalue weighted by Gasteiger charge is -2.23. The highest BCUT2D eigenvalue weighted by Crippen LogP contribution is 2.32. The summed E-state index contributed by atoms with van der Waals surface area (Å²) in [5.74, 6) is -0.670. The minimum atomic E-state index is -1.00. The van der Waals surface area contributed by atoms with E-state index in [9.17, 15) is 14.7 Å². The molecule has 0 radical (unpaired) electrons. The SMILES string of the molecule is CCCCC(CC)COC(=O)N1c2ccccc2CC1C(=O)O. The van der Waals surface area contributed by atoms with Crippen LogP contribution in [0.2, 0.25) is 0 Å². The molecule has 0 aromatic heterocycles. The molecule has 1 aromatic rings. The number of hydrogen-bond donors (Lipinski definition) is 1. The molecule has 0 spiro atoms. The number of carbonyl (C=O) groups is 2. The van der Waals surface area contributed by atoms with Crippen LogP contribution in [0.1, 0.15) is 45.1 Å². The Morgan fingerprint density at radius 3 is 2.74 bits per heavy atom. The zero-order valence-electron chi connectivity index (χ0n) is 13.8. The number of benzene rings is 1. The Kier molecular flexibility index (Phi) is 6.02. The average molecular weight is 319 g/mol. The van der Waals surface area contributed by atoms with E-state index in [1.807, 2.05) is 12.1 Å². The van der Waals surface area contributed by atoms with E-state index in [0.29, 0.717) is 24.6 Å². The van der Waals surface area contributed by atoms with Gasteiger partial charge in [-0.05, 0) is 24.0 Å². The van der Waals surface area contributed by atoms with E-state index in [0.717, 1.165) is 31.2 Å². The molecule has 1 heterocycles. The lowest BCUT2D eigenvalue weighted by atomic mass is 10.0. The summed E-state index contributed by atoms with van der Waals surface area (Å²) in [6, 6.07) is 6.41. The molecule has 2 atom stereocenters. The van der Waals surface area contributed by atoms with Crippen molar-refractivity contribution in [2.24, 2.45) is 5.92 Å². The van der Waals surface area contributed by atoms with Gasteiger partial charge in [-0.25, -0.2) is 9.59 Å². The molecule has 5 nitrogen and oxygen atoms in total. The number of hydrogen-bond acceptors (Lipinski definition) is 3. The number of amides is 1. The highest BCUT2D eigenvalue weighted by molar-refractivity contribution is 5.98. The monoisotopic (exact) mass is 319 g/mol. The van der Waals surface area contributed by atoms with E-state index >= 15 is 0 Å². The molecule has 2 unspecified atom stereocenters. The number of aliphatic carboxylic acids is 1. The van der Waals surface area contributed by atoms with Crippen LogP contribution in [0.15, 0.2) is 24.3 Å². The Hall–Kier alpha value is -2.04. The van der Waals surface area contributed by atoms with Gasteiger partial charge in [0.15, 0.2) is 0 Å². The first-order valence-corrected chi connectivity index (χ1v) is 8.35. The summed E-state index contributed by atoms with van der Waals surface area (Å²) >= 11 is 0. The Bertz CT molecular complexity index is 558. The summed E-state index contributed by atoms with van der Waals surface area (Å²) in [5, 5.41) is 9.39. The number of para-hydroxylation sites is 1. The standard InChI is InChI=1S/C18H25NO4/c1-3-5-8-13(4-2)12-23-18(22)19-15-10-7-6-9-14(15)11-16(19)17(20)21/h6-7,9-10,13,16H,3-5,8,11-12H2,1-2H3,(H,20,21). The second-order valence-electron chi connectivity index (χ2n) is 6.05.